The summed E-state index contributed by atoms with van der Waals surface area (Å²) in [6.45, 7) is 0. The Bertz CT molecular complexity index is 1340. The zero-order chi connectivity index (χ0) is 23.5. The number of halogens is 1. The SMILES string of the molecule is O=C(Nc1ccc(C2Cc3cc(C(=O)Nc4ccc(F)cc4)ccc3N2)cc1)c1ccccc1. The van der Waals surface area contributed by atoms with Gasteiger partial charge in [-0.2, -0.15) is 0 Å². The maximum Gasteiger partial charge on any atom is 0.255 e. The molecule has 0 aromatic heterocycles. The summed E-state index contributed by atoms with van der Waals surface area (Å²) in [4.78, 5) is 25.0. The Morgan fingerprint density at radius 3 is 2.03 bits per heavy atom. The molecular formula is C28H22FN3O2. The van der Waals surface area contributed by atoms with Gasteiger partial charge in [-0.1, -0.05) is 30.3 Å². The largest absolute Gasteiger partial charge is 0.378 e. The molecule has 168 valence electrons. The molecule has 34 heavy (non-hydrogen) atoms. The number of amides is 2. The lowest BCUT2D eigenvalue weighted by Gasteiger charge is -2.13. The normalized spacial score (nSPS) is 14.1. The van der Waals surface area contributed by atoms with E-state index in [9.17, 15) is 14.0 Å². The highest BCUT2D eigenvalue weighted by Crippen LogP contribution is 2.35. The molecule has 0 saturated carbocycles. The second-order valence-corrected chi connectivity index (χ2v) is 8.18. The van der Waals surface area contributed by atoms with Crippen LogP contribution in [0.5, 0.6) is 0 Å². The molecule has 1 unspecified atom stereocenters. The van der Waals surface area contributed by atoms with Gasteiger partial charge in [0, 0.05) is 28.2 Å². The molecule has 1 heterocycles. The highest BCUT2D eigenvalue weighted by molar-refractivity contribution is 6.05. The van der Waals surface area contributed by atoms with E-state index in [1.54, 1.807) is 18.2 Å². The first-order valence-electron chi connectivity index (χ1n) is 11.0. The highest BCUT2D eigenvalue weighted by atomic mass is 19.1. The van der Waals surface area contributed by atoms with E-state index in [2.05, 4.69) is 16.0 Å². The summed E-state index contributed by atoms with van der Waals surface area (Å²) in [5.41, 5.74) is 5.56. The van der Waals surface area contributed by atoms with Gasteiger partial charge in [0.2, 0.25) is 0 Å². The van der Waals surface area contributed by atoms with Crippen LogP contribution in [0.3, 0.4) is 0 Å². The number of carbonyl (C=O) groups excluding carboxylic acids is 2. The van der Waals surface area contributed by atoms with Gasteiger partial charge >= 0.3 is 0 Å². The zero-order valence-electron chi connectivity index (χ0n) is 18.2. The second-order valence-electron chi connectivity index (χ2n) is 8.18. The minimum absolute atomic E-state index is 0.0734. The van der Waals surface area contributed by atoms with Gasteiger partial charge in [0.1, 0.15) is 5.82 Å². The van der Waals surface area contributed by atoms with Gasteiger partial charge < -0.3 is 16.0 Å². The van der Waals surface area contributed by atoms with Crippen molar-refractivity contribution in [1.82, 2.24) is 0 Å². The number of nitrogens with one attached hydrogen (secondary N) is 3. The summed E-state index contributed by atoms with van der Waals surface area (Å²) in [7, 11) is 0. The summed E-state index contributed by atoms with van der Waals surface area (Å²) < 4.78 is 13.1. The van der Waals surface area contributed by atoms with Crippen LogP contribution in [0.1, 0.15) is 37.9 Å². The fourth-order valence-electron chi connectivity index (χ4n) is 4.03. The first kappa shape index (κ1) is 21.4. The molecule has 0 radical (unpaired) electrons. The summed E-state index contributed by atoms with van der Waals surface area (Å²) >= 11 is 0. The average Bonchev–Trinajstić information content (AvgIpc) is 3.30. The van der Waals surface area contributed by atoms with E-state index in [4.69, 9.17) is 0 Å². The Kier molecular flexibility index (Phi) is 5.79. The quantitative estimate of drug-likeness (QED) is 0.346. The zero-order valence-corrected chi connectivity index (χ0v) is 18.2. The molecule has 4 aromatic carbocycles. The van der Waals surface area contributed by atoms with Crippen molar-refractivity contribution in [3.8, 4) is 0 Å². The van der Waals surface area contributed by atoms with E-state index in [0.717, 1.165) is 28.9 Å². The molecule has 6 heteroatoms. The average molecular weight is 452 g/mol. The summed E-state index contributed by atoms with van der Waals surface area (Å²) in [5.74, 6) is -0.734. The van der Waals surface area contributed by atoms with Crippen LogP contribution in [-0.2, 0) is 6.42 Å². The third kappa shape index (κ3) is 4.66. The fraction of sp³-hybridized carbons (Fsp3) is 0.0714. The molecule has 3 N–H and O–H groups in total. The van der Waals surface area contributed by atoms with Crippen LogP contribution in [0.25, 0.3) is 0 Å². The summed E-state index contributed by atoms with van der Waals surface area (Å²) in [5, 5.41) is 9.20. The maximum atomic E-state index is 13.1. The molecule has 0 fully saturated rings. The molecule has 4 aromatic rings. The van der Waals surface area contributed by atoms with Crippen LogP contribution in [-0.4, -0.2) is 11.8 Å². The molecule has 0 aliphatic carbocycles. The Hall–Kier alpha value is -4.45. The molecule has 5 nitrogen and oxygen atoms in total. The van der Waals surface area contributed by atoms with Crippen molar-refractivity contribution < 1.29 is 14.0 Å². The van der Waals surface area contributed by atoms with Crippen molar-refractivity contribution in [2.75, 3.05) is 16.0 Å². The number of rotatable bonds is 5. The summed E-state index contributed by atoms with van der Waals surface area (Å²) in [6.07, 6.45) is 0.739. The minimum Gasteiger partial charge on any atom is -0.378 e. The smallest absolute Gasteiger partial charge is 0.255 e. The van der Waals surface area contributed by atoms with E-state index < -0.39 is 0 Å². The van der Waals surface area contributed by atoms with Crippen molar-refractivity contribution in [3.05, 3.63) is 125 Å². The van der Waals surface area contributed by atoms with Crippen molar-refractivity contribution in [2.45, 2.75) is 12.5 Å². The fourth-order valence-corrected chi connectivity index (χ4v) is 4.03. The first-order chi connectivity index (χ1) is 16.5. The predicted molar refractivity (Wildman–Crippen MR) is 132 cm³/mol. The molecule has 0 bridgehead atoms. The van der Waals surface area contributed by atoms with Gasteiger partial charge in [-0.05, 0) is 84.3 Å². The Labute approximate surface area is 196 Å². The van der Waals surface area contributed by atoms with E-state index in [1.807, 2.05) is 54.6 Å². The molecule has 2 amide bonds. The lowest BCUT2D eigenvalue weighted by molar-refractivity contribution is 0.101. The molecular weight excluding hydrogens is 429 g/mol. The van der Waals surface area contributed by atoms with Gasteiger partial charge in [-0.25, -0.2) is 4.39 Å². The van der Waals surface area contributed by atoms with Crippen molar-refractivity contribution in [3.63, 3.8) is 0 Å². The third-order valence-electron chi connectivity index (χ3n) is 5.83. The molecule has 0 spiro atoms. The number of fused-ring (bicyclic) bond motifs is 1. The van der Waals surface area contributed by atoms with Gasteiger partial charge in [0.25, 0.3) is 11.8 Å². The van der Waals surface area contributed by atoms with E-state index in [-0.39, 0.29) is 23.7 Å². The third-order valence-corrected chi connectivity index (χ3v) is 5.83. The first-order valence-corrected chi connectivity index (χ1v) is 11.0. The maximum absolute atomic E-state index is 13.1. The molecule has 5 rings (SSSR count). The lowest BCUT2D eigenvalue weighted by atomic mass is 10.0. The number of hydrogen-bond donors (Lipinski definition) is 3. The standard InChI is InChI=1S/C28H22FN3O2/c29-22-9-13-24(14-10-22)31-28(34)20-8-15-25-21(16-20)17-26(32-25)18-6-11-23(12-7-18)30-27(33)19-4-2-1-3-5-19/h1-16,26,32H,17H2,(H,30,33)(H,31,34). The van der Waals surface area contributed by atoms with Crippen LogP contribution in [0.2, 0.25) is 0 Å². The Balaban J connectivity index is 1.23. The van der Waals surface area contributed by atoms with Crippen LogP contribution < -0.4 is 16.0 Å². The lowest BCUT2D eigenvalue weighted by Crippen LogP contribution is -2.12. The van der Waals surface area contributed by atoms with Crippen molar-refractivity contribution in [1.29, 1.82) is 0 Å². The van der Waals surface area contributed by atoms with E-state index in [1.165, 1.54) is 24.3 Å². The molecule has 1 aliphatic rings. The second kappa shape index (κ2) is 9.19. The van der Waals surface area contributed by atoms with Crippen LogP contribution >= 0.6 is 0 Å². The van der Waals surface area contributed by atoms with Gasteiger partial charge in [0.15, 0.2) is 0 Å². The van der Waals surface area contributed by atoms with E-state index in [0.29, 0.717) is 16.8 Å². The monoisotopic (exact) mass is 451 g/mol. The number of hydrogen-bond acceptors (Lipinski definition) is 3. The molecule has 1 aliphatic heterocycles. The van der Waals surface area contributed by atoms with Gasteiger partial charge in [0.05, 0.1) is 6.04 Å². The number of benzene rings is 4. The topological polar surface area (TPSA) is 70.2 Å². The van der Waals surface area contributed by atoms with Gasteiger partial charge in [-0.15, -0.1) is 0 Å². The van der Waals surface area contributed by atoms with Crippen LogP contribution in [0, 0.1) is 5.82 Å². The predicted octanol–water partition coefficient (Wildman–Crippen LogP) is 6.04. The van der Waals surface area contributed by atoms with Crippen LogP contribution in [0.15, 0.2) is 97.1 Å². The van der Waals surface area contributed by atoms with Crippen molar-refractivity contribution in [2.24, 2.45) is 0 Å². The molecule has 1 atom stereocenters. The number of anilines is 3. The van der Waals surface area contributed by atoms with Gasteiger partial charge in [-0.3, -0.25) is 9.59 Å². The Morgan fingerprint density at radius 1 is 0.735 bits per heavy atom. The summed E-state index contributed by atoms with van der Waals surface area (Å²) in [6, 6.07) is 28.2. The Morgan fingerprint density at radius 2 is 1.35 bits per heavy atom. The number of carbonyl (C=O) groups is 2. The highest BCUT2D eigenvalue weighted by Gasteiger charge is 2.23. The van der Waals surface area contributed by atoms with Crippen LogP contribution in [0.4, 0.5) is 21.5 Å². The molecule has 0 saturated heterocycles. The van der Waals surface area contributed by atoms with E-state index >= 15 is 0 Å². The van der Waals surface area contributed by atoms with Crippen molar-refractivity contribution >= 4 is 28.9 Å². The minimum atomic E-state index is -0.348.